The van der Waals surface area contributed by atoms with Gasteiger partial charge in [0.15, 0.2) is 0 Å². The molecule has 0 aliphatic carbocycles. The number of unbranched alkanes of at least 4 members (excludes halogenated alkanes) is 23. The maximum atomic E-state index is 13.2. The van der Waals surface area contributed by atoms with Gasteiger partial charge in [0.1, 0.15) is 6.10 Å². The predicted octanol–water partition coefficient (Wildman–Crippen LogP) is 16.2. The third-order valence-corrected chi connectivity index (χ3v) is 11.8. The number of nitrogens with one attached hydrogen (secondary N) is 1. The van der Waals surface area contributed by atoms with Crippen molar-refractivity contribution in [2.45, 2.75) is 270 Å². The average molecular weight is 880 g/mol. The van der Waals surface area contributed by atoms with Crippen LogP contribution in [-0.4, -0.2) is 46.9 Å². The Bertz CT molecular complexity index is 1170. The molecule has 3 unspecified atom stereocenters. The van der Waals surface area contributed by atoms with Crippen molar-refractivity contribution >= 4 is 11.9 Å². The van der Waals surface area contributed by atoms with Crippen molar-refractivity contribution in [2.75, 3.05) is 6.61 Å². The number of aliphatic hydroxyl groups excluding tert-OH is 2. The highest BCUT2D eigenvalue weighted by molar-refractivity contribution is 5.77. The number of amides is 1. The molecule has 1 amide bonds. The van der Waals surface area contributed by atoms with Crippen LogP contribution in [0.25, 0.3) is 0 Å². The Morgan fingerprint density at radius 2 is 0.873 bits per heavy atom. The van der Waals surface area contributed by atoms with E-state index in [0.717, 1.165) is 77.0 Å². The first kappa shape index (κ1) is 60.3. The molecule has 0 rings (SSSR count). The lowest BCUT2D eigenvalue weighted by Crippen LogP contribution is -2.46. The van der Waals surface area contributed by atoms with Gasteiger partial charge in [0.2, 0.25) is 5.91 Å². The summed E-state index contributed by atoms with van der Waals surface area (Å²) < 4.78 is 5.88. The van der Waals surface area contributed by atoms with E-state index >= 15 is 0 Å². The minimum absolute atomic E-state index is 0.0320. The molecule has 0 aromatic heterocycles. The number of aliphatic hydroxyl groups is 2. The van der Waals surface area contributed by atoms with Crippen molar-refractivity contribution in [3.8, 4) is 0 Å². The summed E-state index contributed by atoms with van der Waals surface area (Å²) in [5.74, 6) is -0.573. The first-order valence-corrected chi connectivity index (χ1v) is 26.7. The summed E-state index contributed by atoms with van der Waals surface area (Å²) in [6.07, 6.45) is 64.0. The molecule has 364 valence electrons. The summed E-state index contributed by atoms with van der Waals surface area (Å²) in [6, 6.07) is -0.724. The van der Waals surface area contributed by atoms with Crippen LogP contribution in [-0.2, 0) is 14.3 Å². The maximum Gasteiger partial charge on any atom is 0.306 e. The van der Waals surface area contributed by atoms with Crippen LogP contribution < -0.4 is 5.32 Å². The van der Waals surface area contributed by atoms with Crippen LogP contribution in [0.4, 0.5) is 0 Å². The molecule has 0 spiro atoms. The van der Waals surface area contributed by atoms with Crippen LogP contribution in [0.15, 0.2) is 72.9 Å². The topological polar surface area (TPSA) is 95.9 Å². The van der Waals surface area contributed by atoms with E-state index in [4.69, 9.17) is 4.74 Å². The van der Waals surface area contributed by atoms with Crippen molar-refractivity contribution in [1.29, 1.82) is 0 Å². The van der Waals surface area contributed by atoms with Gasteiger partial charge in [0.25, 0.3) is 0 Å². The molecule has 63 heavy (non-hydrogen) atoms. The fourth-order valence-corrected chi connectivity index (χ4v) is 7.76. The largest absolute Gasteiger partial charge is 0.462 e. The van der Waals surface area contributed by atoms with Gasteiger partial charge >= 0.3 is 5.97 Å². The van der Waals surface area contributed by atoms with Crippen LogP contribution in [0.2, 0.25) is 0 Å². The Morgan fingerprint density at radius 3 is 1.35 bits per heavy atom. The highest BCUT2D eigenvalue weighted by atomic mass is 16.5. The molecule has 6 heteroatoms. The number of hydrogen-bond donors (Lipinski definition) is 3. The summed E-state index contributed by atoms with van der Waals surface area (Å²) in [5, 5.41) is 23.8. The third kappa shape index (κ3) is 45.7. The van der Waals surface area contributed by atoms with Gasteiger partial charge in [-0.3, -0.25) is 9.59 Å². The number of hydrogen-bond acceptors (Lipinski definition) is 5. The zero-order valence-electron chi connectivity index (χ0n) is 41.4. The summed E-state index contributed by atoms with van der Waals surface area (Å²) in [5.41, 5.74) is 0. The predicted molar refractivity (Wildman–Crippen MR) is 273 cm³/mol. The molecule has 0 aliphatic heterocycles. The molecule has 0 aromatic rings. The van der Waals surface area contributed by atoms with Crippen LogP contribution in [0.1, 0.15) is 252 Å². The van der Waals surface area contributed by atoms with Gasteiger partial charge in [-0.05, 0) is 83.5 Å². The molecule has 0 radical (unpaired) electrons. The Labute approximate surface area is 390 Å². The number of carbonyl (C=O) groups excluding carboxylic acids is 2. The number of allylic oxidation sites excluding steroid dienone is 12. The highest BCUT2D eigenvalue weighted by Crippen LogP contribution is 2.17. The standard InChI is InChI=1S/C57H101NO5/c1-4-7-10-13-16-19-22-24-26-28-30-32-35-38-41-44-47-50-57(62)63-53(48-45-42-39-36-33-21-18-15-12-9-6-3)51-56(61)58-54(52-59)55(60)49-46-43-40-37-34-31-29-27-25-23-20-17-14-11-8-5-2/h7,10,16,19,24,26,30,32,36,38-39,41,53-55,59-60H,4-6,8-9,11-15,17-18,20-23,25,27-29,31,33-35,37,40,42-52H2,1-3H3,(H,58,61)/b10-7-,19-16-,26-24-,32-30-,39-36-,41-38-. The molecule has 0 fully saturated rings. The van der Waals surface area contributed by atoms with Crippen molar-refractivity contribution in [2.24, 2.45) is 0 Å². The molecule has 0 saturated heterocycles. The second kappa shape index (κ2) is 50.3. The molecule has 0 aliphatic rings. The fourth-order valence-electron chi connectivity index (χ4n) is 7.76. The minimum atomic E-state index is -0.806. The second-order valence-corrected chi connectivity index (χ2v) is 17.9. The average Bonchev–Trinajstić information content (AvgIpc) is 3.28. The number of rotatable bonds is 47. The van der Waals surface area contributed by atoms with E-state index in [9.17, 15) is 19.8 Å². The van der Waals surface area contributed by atoms with Gasteiger partial charge in [-0.25, -0.2) is 0 Å². The molecule has 6 nitrogen and oxygen atoms in total. The molecular formula is C57H101NO5. The Morgan fingerprint density at radius 1 is 0.476 bits per heavy atom. The molecule has 0 saturated carbocycles. The van der Waals surface area contributed by atoms with Crippen molar-refractivity contribution in [3.63, 3.8) is 0 Å². The summed E-state index contributed by atoms with van der Waals surface area (Å²) >= 11 is 0. The second-order valence-electron chi connectivity index (χ2n) is 17.9. The Hall–Kier alpha value is -2.70. The van der Waals surface area contributed by atoms with Crippen molar-refractivity contribution in [1.82, 2.24) is 5.32 Å². The first-order chi connectivity index (χ1) is 31.0. The molecule has 3 N–H and O–H groups in total. The van der Waals surface area contributed by atoms with Gasteiger partial charge in [0, 0.05) is 6.42 Å². The maximum absolute atomic E-state index is 13.2. The molecule has 3 atom stereocenters. The Balaban J connectivity index is 4.61. The van der Waals surface area contributed by atoms with Crippen LogP contribution in [0, 0.1) is 0 Å². The minimum Gasteiger partial charge on any atom is -0.462 e. The summed E-state index contributed by atoms with van der Waals surface area (Å²) in [4.78, 5) is 26.1. The normalized spacial score (nSPS) is 13.8. The molecule has 0 bridgehead atoms. The Kier molecular flexibility index (Phi) is 48.1. The zero-order chi connectivity index (χ0) is 45.9. The van der Waals surface area contributed by atoms with Crippen LogP contribution >= 0.6 is 0 Å². The van der Waals surface area contributed by atoms with E-state index in [1.54, 1.807) is 0 Å². The van der Waals surface area contributed by atoms with E-state index < -0.39 is 18.2 Å². The van der Waals surface area contributed by atoms with Gasteiger partial charge in [-0.2, -0.15) is 0 Å². The lowest BCUT2D eigenvalue weighted by molar-refractivity contribution is -0.151. The van der Waals surface area contributed by atoms with Gasteiger partial charge in [-0.15, -0.1) is 0 Å². The van der Waals surface area contributed by atoms with E-state index in [-0.39, 0.29) is 24.9 Å². The summed E-state index contributed by atoms with van der Waals surface area (Å²) in [6.45, 7) is 6.35. The van der Waals surface area contributed by atoms with Gasteiger partial charge in [0.05, 0.1) is 25.2 Å². The van der Waals surface area contributed by atoms with E-state index in [0.29, 0.717) is 25.7 Å². The van der Waals surface area contributed by atoms with Gasteiger partial charge < -0.3 is 20.3 Å². The smallest absolute Gasteiger partial charge is 0.306 e. The zero-order valence-corrected chi connectivity index (χ0v) is 41.4. The summed E-state index contributed by atoms with van der Waals surface area (Å²) in [7, 11) is 0. The number of esters is 1. The first-order valence-electron chi connectivity index (χ1n) is 26.7. The number of carbonyl (C=O) groups is 2. The van der Waals surface area contributed by atoms with Crippen LogP contribution in [0.5, 0.6) is 0 Å². The molecular weight excluding hydrogens is 779 g/mol. The van der Waals surface area contributed by atoms with Crippen molar-refractivity contribution < 1.29 is 24.5 Å². The lowest BCUT2D eigenvalue weighted by Gasteiger charge is -2.24. The van der Waals surface area contributed by atoms with E-state index in [1.807, 2.05) is 0 Å². The monoisotopic (exact) mass is 880 g/mol. The lowest BCUT2D eigenvalue weighted by atomic mass is 10.0. The fraction of sp³-hybridized carbons (Fsp3) is 0.754. The number of ether oxygens (including phenoxy) is 1. The quantitative estimate of drug-likeness (QED) is 0.0321. The van der Waals surface area contributed by atoms with E-state index in [1.165, 1.54) is 122 Å². The third-order valence-electron chi connectivity index (χ3n) is 11.8. The van der Waals surface area contributed by atoms with Gasteiger partial charge in [-0.1, -0.05) is 229 Å². The molecule has 0 aromatic carbocycles. The van der Waals surface area contributed by atoms with Crippen LogP contribution in [0.3, 0.4) is 0 Å². The van der Waals surface area contributed by atoms with Crippen molar-refractivity contribution in [3.05, 3.63) is 72.9 Å². The SMILES string of the molecule is CC/C=C\C/C=C\C/C=C\C/C=C\C/C=C\CCCC(=O)OC(CCC/C=C\CCCCCCCC)CC(=O)NC(CO)C(O)CCCCCCCCCCCCCCCCCC. The molecule has 0 heterocycles. The van der Waals surface area contributed by atoms with E-state index in [2.05, 4.69) is 99.0 Å². The highest BCUT2D eigenvalue weighted by Gasteiger charge is 2.24.